The molecule has 2 aliphatic heterocycles. The molecule has 0 saturated carbocycles. The zero-order valence-corrected chi connectivity index (χ0v) is 33.0. The van der Waals surface area contributed by atoms with Crippen molar-refractivity contribution in [2.45, 2.75) is 118 Å². The zero-order chi connectivity index (χ0) is 23.0. The molecule has 10 heteroatoms. The number of rotatable bonds is 0. The molecule has 2 heterocycles. The van der Waals surface area contributed by atoms with Gasteiger partial charge in [-0.15, -0.1) is 0 Å². The van der Waals surface area contributed by atoms with Gasteiger partial charge < -0.3 is 0 Å². The molecule has 0 aromatic heterocycles. The Morgan fingerprint density at radius 1 is 0.179 bits per heavy atom. The quantitative estimate of drug-likeness (QED) is 0.294. The van der Waals surface area contributed by atoms with Gasteiger partial charge in [0.15, 0.2) is 0 Å². The second-order valence-corrected chi connectivity index (χ2v) is 145. The Morgan fingerprint density at radius 2 is 0.286 bits per heavy atom. The van der Waals surface area contributed by atoms with Crippen LogP contribution in [0.5, 0.6) is 0 Å². The largest absolute Gasteiger partial charge is 0.0754 e. The first-order valence-electron chi connectivity index (χ1n) is 11.8. The van der Waals surface area contributed by atoms with Crippen molar-refractivity contribution in [1.82, 2.24) is 0 Å². The highest BCUT2D eigenvalue weighted by Gasteiger charge is 2.90. The molecule has 0 nitrogen and oxygen atoms in total. The first-order chi connectivity index (χ1) is 11.8. The van der Waals surface area contributed by atoms with Crippen LogP contribution in [0.3, 0.4) is 0 Å². The topological polar surface area (TPSA) is 0 Å². The van der Waals surface area contributed by atoms with E-state index in [0.717, 1.165) is 0 Å². The normalized spacial score (nSPS) is 43.1. The second kappa shape index (κ2) is 5.99. The van der Waals surface area contributed by atoms with E-state index in [0.29, 0.717) is 0 Å². The highest BCUT2D eigenvalue weighted by atomic mass is 30.5. The van der Waals surface area contributed by atoms with Crippen molar-refractivity contribution >= 4 is 70.1 Å². The molecule has 2 aliphatic rings. The van der Waals surface area contributed by atoms with E-state index in [-0.39, 0.29) is 0 Å². The van der Waals surface area contributed by atoms with E-state index in [1.54, 1.807) is 0 Å². The lowest BCUT2D eigenvalue weighted by atomic mass is 11.9. The molecule has 2 saturated heterocycles. The van der Waals surface area contributed by atoms with Gasteiger partial charge in [0.2, 0.25) is 0 Å². The van der Waals surface area contributed by atoms with Crippen LogP contribution in [0.4, 0.5) is 0 Å². The van der Waals surface area contributed by atoms with Gasteiger partial charge >= 0.3 is 0 Å². The van der Waals surface area contributed by atoms with Crippen molar-refractivity contribution in [3.63, 3.8) is 0 Å². The van der Waals surface area contributed by atoms with Gasteiger partial charge in [-0.05, 0) is 0 Å². The van der Waals surface area contributed by atoms with E-state index in [9.17, 15) is 0 Å². The molecular formula is C18H54Si10. The van der Waals surface area contributed by atoms with Crippen molar-refractivity contribution in [2.24, 2.45) is 0 Å². The summed E-state index contributed by atoms with van der Waals surface area (Å²) in [6, 6.07) is 0. The molecule has 0 amide bonds. The Hall–Kier alpha value is 2.17. The fraction of sp³-hybridized carbons (Fsp3) is 1.00. The Labute approximate surface area is 186 Å². The highest BCUT2D eigenvalue weighted by molar-refractivity contribution is 8.35. The van der Waals surface area contributed by atoms with Gasteiger partial charge in [-0.1, -0.05) is 118 Å². The van der Waals surface area contributed by atoms with Crippen LogP contribution in [0, 0.1) is 0 Å². The van der Waals surface area contributed by atoms with Crippen LogP contribution >= 0.6 is 0 Å². The number of hydrogen-bond donors (Lipinski definition) is 0. The van der Waals surface area contributed by atoms with Crippen LogP contribution in [0.15, 0.2) is 0 Å². The third kappa shape index (κ3) is 2.03. The fourth-order valence-electron chi connectivity index (χ4n) is 9.69. The Morgan fingerprint density at radius 3 is 0.393 bits per heavy atom. The first kappa shape index (κ1) is 26.4. The summed E-state index contributed by atoms with van der Waals surface area (Å²) in [7, 11) is -9.30. The van der Waals surface area contributed by atoms with E-state index in [1.165, 1.54) is 0 Å². The van der Waals surface area contributed by atoms with E-state index < -0.39 is 70.1 Å². The number of hydrogen-bond acceptors (Lipinski definition) is 0. The van der Waals surface area contributed by atoms with Crippen LogP contribution in [0.1, 0.15) is 0 Å². The number of fused-ring (bicyclic) bond motifs is 1. The van der Waals surface area contributed by atoms with Crippen molar-refractivity contribution < 1.29 is 0 Å². The van der Waals surface area contributed by atoms with Crippen LogP contribution < -0.4 is 0 Å². The summed E-state index contributed by atoms with van der Waals surface area (Å²) in [5, 5.41) is 0. The predicted octanol–water partition coefficient (Wildman–Crippen LogP) is 6.70. The van der Waals surface area contributed by atoms with Crippen molar-refractivity contribution in [2.75, 3.05) is 0 Å². The molecule has 0 aromatic rings. The standard InChI is InChI=1S/C18H54Si10/c1-19(2)20(3,4)24(11,12)28(18)26(15,16)22(7,8)21(5,6)25(13,14)27(28,17)23(19,9)10/h1-18H3. The lowest BCUT2D eigenvalue weighted by molar-refractivity contribution is 1.72. The summed E-state index contributed by atoms with van der Waals surface area (Å²) in [4.78, 5) is 0. The predicted molar refractivity (Wildman–Crippen MR) is 163 cm³/mol. The van der Waals surface area contributed by atoms with Gasteiger partial charge in [0.1, 0.15) is 0 Å². The summed E-state index contributed by atoms with van der Waals surface area (Å²) in [5.41, 5.74) is 0. The van der Waals surface area contributed by atoms with Crippen molar-refractivity contribution in [3.8, 4) is 0 Å². The zero-order valence-electron chi connectivity index (χ0n) is 23.0. The summed E-state index contributed by atoms with van der Waals surface area (Å²) >= 11 is 0. The average molecular weight is 551 g/mol. The maximum atomic E-state index is 3.19. The molecule has 2 rings (SSSR count). The molecule has 0 N–H and O–H groups in total. The van der Waals surface area contributed by atoms with Crippen LogP contribution in [0.25, 0.3) is 0 Å². The molecular weight excluding hydrogens is 497 g/mol. The molecule has 166 valence electrons. The summed E-state index contributed by atoms with van der Waals surface area (Å²) in [6.07, 6.45) is 0. The highest BCUT2D eigenvalue weighted by Crippen LogP contribution is 2.62. The fourth-order valence-corrected chi connectivity index (χ4v) is 626. The molecule has 0 aliphatic carbocycles. The lowest BCUT2D eigenvalue weighted by Gasteiger charge is -2.86. The summed E-state index contributed by atoms with van der Waals surface area (Å²) < 4.78 is 0. The van der Waals surface area contributed by atoms with E-state index in [4.69, 9.17) is 0 Å². The Kier molecular flexibility index (Phi) is 5.65. The average Bonchev–Trinajstić information content (AvgIpc) is 2.49. The SMILES string of the molecule is C[Si]1(C)[Si](C)(C)[Si](C)(C)[Si]2(C)[Si](C)(C)[Si](C)(C)[Si](C)(C)[Si](C)(C)[Si]2(C)[Si]1(C)C. The maximum Gasteiger partial charge on any atom is 0.0304 e. The Balaban J connectivity index is 3.23. The summed E-state index contributed by atoms with van der Waals surface area (Å²) in [6.45, 7) is 52.2. The van der Waals surface area contributed by atoms with Gasteiger partial charge in [-0.3, -0.25) is 0 Å². The van der Waals surface area contributed by atoms with Gasteiger partial charge in [-0.25, -0.2) is 0 Å². The molecule has 0 atom stereocenters. The molecule has 0 aromatic carbocycles. The Bertz CT molecular complexity index is 587. The van der Waals surface area contributed by atoms with E-state index in [1.807, 2.05) is 0 Å². The first-order valence-corrected chi connectivity index (χ1v) is 51.8. The van der Waals surface area contributed by atoms with Crippen LogP contribution in [0.2, 0.25) is 118 Å². The minimum absolute atomic E-state index is 1.14. The summed E-state index contributed by atoms with van der Waals surface area (Å²) in [5.74, 6) is 0. The van der Waals surface area contributed by atoms with Crippen molar-refractivity contribution in [3.05, 3.63) is 0 Å². The van der Waals surface area contributed by atoms with Crippen molar-refractivity contribution in [1.29, 1.82) is 0 Å². The third-order valence-corrected chi connectivity index (χ3v) is 327. The minimum atomic E-state index is -1.22. The van der Waals surface area contributed by atoms with Gasteiger partial charge in [-0.2, -0.15) is 0 Å². The van der Waals surface area contributed by atoms with E-state index in [2.05, 4.69) is 118 Å². The van der Waals surface area contributed by atoms with Crippen LogP contribution in [-0.4, -0.2) is 70.1 Å². The van der Waals surface area contributed by atoms with Gasteiger partial charge in [0.25, 0.3) is 0 Å². The molecule has 0 spiro atoms. The second-order valence-electron chi connectivity index (χ2n) is 15.2. The third-order valence-electron chi connectivity index (χ3n) is 15.4. The molecule has 2 fully saturated rings. The molecule has 0 unspecified atom stereocenters. The lowest BCUT2D eigenvalue weighted by Crippen LogP contribution is -3.16. The van der Waals surface area contributed by atoms with Gasteiger partial charge in [0, 0.05) is 70.1 Å². The van der Waals surface area contributed by atoms with Gasteiger partial charge in [0.05, 0.1) is 0 Å². The smallest absolute Gasteiger partial charge is 0.0304 e. The molecule has 28 heavy (non-hydrogen) atoms. The molecule has 0 bridgehead atoms. The van der Waals surface area contributed by atoms with E-state index >= 15 is 0 Å². The van der Waals surface area contributed by atoms with Crippen LogP contribution in [-0.2, 0) is 0 Å². The monoisotopic (exact) mass is 550 g/mol. The minimum Gasteiger partial charge on any atom is -0.0754 e. The maximum absolute atomic E-state index is 3.19. The molecule has 0 radical (unpaired) electrons.